The van der Waals surface area contributed by atoms with Crippen LogP contribution in [-0.4, -0.2) is 27.7 Å². The molecule has 1 N–H and O–H groups in total. The third kappa shape index (κ3) is 3.73. The van der Waals surface area contributed by atoms with E-state index in [1.54, 1.807) is 28.6 Å². The van der Waals surface area contributed by atoms with Crippen molar-refractivity contribution in [1.29, 1.82) is 0 Å². The lowest BCUT2D eigenvalue weighted by Crippen LogP contribution is -2.49. The van der Waals surface area contributed by atoms with E-state index in [1.807, 2.05) is 0 Å². The summed E-state index contributed by atoms with van der Waals surface area (Å²) in [5, 5.41) is 5.05. The van der Waals surface area contributed by atoms with Crippen molar-refractivity contribution in [3.63, 3.8) is 0 Å². The number of carbonyl (C=O) groups is 2. The maximum absolute atomic E-state index is 13.0. The number of halogens is 1. The molecule has 0 saturated carbocycles. The van der Waals surface area contributed by atoms with E-state index in [2.05, 4.69) is 10.3 Å². The molecule has 1 saturated heterocycles. The predicted molar refractivity (Wildman–Crippen MR) is 85.3 cm³/mol. The molecule has 2 heterocycles. The highest BCUT2D eigenvalue weighted by Gasteiger charge is 2.33. The molecule has 1 atom stereocenters. The van der Waals surface area contributed by atoms with Crippen molar-refractivity contribution in [3.05, 3.63) is 47.2 Å². The average molecular weight is 333 g/mol. The van der Waals surface area contributed by atoms with Gasteiger partial charge in [0, 0.05) is 24.5 Å². The lowest BCUT2D eigenvalue weighted by atomic mass is 9.99. The highest BCUT2D eigenvalue weighted by Crippen LogP contribution is 2.23. The molecule has 0 spiro atoms. The maximum Gasteiger partial charge on any atom is 0.248 e. The van der Waals surface area contributed by atoms with Crippen LogP contribution in [0.3, 0.4) is 0 Å². The number of rotatable bonds is 4. The number of carbonyl (C=O) groups excluding carboxylic acids is 2. The van der Waals surface area contributed by atoms with Gasteiger partial charge >= 0.3 is 0 Å². The highest BCUT2D eigenvalue weighted by molar-refractivity contribution is 7.13. The van der Waals surface area contributed by atoms with Crippen LogP contribution >= 0.6 is 11.3 Å². The molecule has 1 aromatic carbocycles. The molecule has 7 heteroatoms. The van der Waals surface area contributed by atoms with Crippen molar-refractivity contribution in [2.24, 2.45) is 0 Å². The first-order chi connectivity index (χ1) is 11.1. The Balaban J connectivity index is 1.74. The molecule has 0 aliphatic carbocycles. The van der Waals surface area contributed by atoms with Gasteiger partial charge in [-0.25, -0.2) is 9.37 Å². The van der Waals surface area contributed by atoms with Crippen LogP contribution in [0, 0.1) is 5.82 Å². The minimum atomic E-state index is -0.523. The number of nitrogens with zero attached hydrogens (tertiary/aromatic N) is 2. The fourth-order valence-electron chi connectivity index (χ4n) is 2.65. The lowest BCUT2D eigenvalue weighted by molar-refractivity contribution is -0.142. The fraction of sp³-hybridized carbons (Fsp3) is 0.312. The topological polar surface area (TPSA) is 62.3 Å². The molecule has 1 fully saturated rings. The Kier molecular flexibility index (Phi) is 4.66. The van der Waals surface area contributed by atoms with E-state index in [0.717, 1.165) is 5.56 Å². The summed E-state index contributed by atoms with van der Waals surface area (Å²) >= 11 is 1.33. The Hall–Kier alpha value is -2.28. The molecule has 5 nitrogen and oxygen atoms in total. The maximum atomic E-state index is 13.0. The van der Waals surface area contributed by atoms with Crippen LogP contribution < -0.4 is 5.32 Å². The van der Waals surface area contributed by atoms with Crippen LogP contribution in [0.4, 0.5) is 9.52 Å². The zero-order valence-electron chi connectivity index (χ0n) is 12.4. The summed E-state index contributed by atoms with van der Waals surface area (Å²) in [4.78, 5) is 30.3. The Labute approximate surface area is 137 Å². The van der Waals surface area contributed by atoms with Crippen molar-refractivity contribution in [2.75, 3.05) is 5.32 Å². The van der Waals surface area contributed by atoms with Crippen molar-refractivity contribution >= 4 is 28.3 Å². The van der Waals surface area contributed by atoms with Gasteiger partial charge in [0.1, 0.15) is 11.9 Å². The van der Waals surface area contributed by atoms with Gasteiger partial charge < -0.3 is 10.2 Å². The zero-order valence-corrected chi connectivity index (χ0v) is 13.2. The van der Waals surface area contributed by atoms with Crippen LogP contribution in [-0.2, 0) is 16.1 Å². The smallest absolute Gasteiger partial charge is 0.248 e. The molecule has 1 aliphatic heterocycles. The first-order valence-electron chi connectivity index (χ1n) is 7.38. The van der Waals surface area contributed by atoms with Crippen LogP contribution in [0.15, 0.2) is 35.8 Å². The van der Waals surface area contributed by atoms with E-state index >= 15 is 0 Å². The largest absolute Gasteiger partial charge is 0.326 e. The lowest BCUT2D eigenvalue weighted by Gasteiger charge is -2.34. The molecule has 1 aliphatic rings. The summed E-state index contributed by atoms with van der Waals surface area (Å²) in [5.74, 6) is -0.605. The molecule has 1 aromatic heterocycles. The summed E-state index contributed by atoms with van der Waals surface area (Å²) in [6, 6.07) is 5.45. The van der Waals surface area contributed by atoms with Gasteiger partial charge in [0.15, 0.2) is 5.13 Å². The van der Waals surface area contributed by atoms with Crippen LogP contribution in [0.1, 0.15) is 24.8 Å². The van der Waals surface area contributed by atoms with E-state index in [0.29, 0.717) is 30.9 Å². The summed E-state index contributed by atoms with van der Waals surface area (Å²) in [7, 11) is 0. The number of thiazole rings is 1. The first-order valence-corrected chi connectivity index (χ1v) is 8.26. The van der Waals surface area contributed by atoms with Gasteiger partial charge in [0.2, 0.25) is 11.8 Å². The number of hydrogen-bond acceptors (Lipinski definition) is 4. The van der Waals surface area contributed by atoms with Gasteiger partial charge in [-0.1, -0.05) is 12.1 Å². The van der Waals surface area contributed by atoms with Gasteiger partial charge in [-0.15, -0.1) is 11.3 Å². The van der Waals surface area contributed by atoms with Crippen LogP contribution in [0.25, 0.3) is 0 Å². The Morgan fingerprint density at radius 2 is 2.17 bits per heavy atom. The Bertz CT molecular complexity index is 688. The highest BCUT2D eigenvalue weighted by atomic mass is 32.1. The van der Waals surface area contributed by atoms with Gasteiger partial charge in [0.05, 0.1) is 0 Å². The minimum absolute atomic E-state index is 0.0557. The van der Waals surface area contributed by atoms with Gasteiger partial charge in [-0.3, -0.25) is 9.59 Å². The zero-order chi connectivity index (χ0) is 16.2. The number of likely N-dealkylation sites (tertiary alicyclic amines) is 1. The second kappa shape index (κ2) is 6.87. The molecule has 2 aromatic rings. The van der Waals surface area contributed by atoms with Crippen LogP contribution in [0.2, 0.25) is 0 Å². The number of hydrogen-bond donors (Lipinski definition) is 1. The second-order valence-corrected chi connectivity index (χ2v) is 6.28. The molecule has 1 unspecified atom stereocenters. The number of aromatic nitrogens is 1. The predicted octanol–water partition coefficient (Wildman–Crippen LogP) is 2.80. The quantitative estimate of drug-likeness (QED) is 0.936. The van der Waals surface area contributed by atoms with E-state index in [-0.39, 0.29) is 17.6 Å². The number of piperidine rings is 1. The van der Waals surface area contributed by atoms with Crippen molar-refractivity contribution in [1.82, 2.24) is 9.88 Å². The summed E-state index contributed by atoms with van der Waals surface area (Å²) in [6.07, 6.45) is 3.35. The molecule has 3 rings (SSSR count). The standard InChI is InChI=1S/C16H16FN3O2S/c17-12-6-4-11(5-7-12)10-20-13(2-1-3-14(20)21)15(22)19-16-18-8-9-23-16/h4-9,13H,1-3,10H2,(H,18,19,22). The molecule has 0 bridgehead atoms. The number of benzene rings is 1. The molecule has 2 amide bonds. The molecule has 0 radical (unpaired) electrons. The summed E-state index contributed by atoms with van der Waals surface area (Å²) in [5.41, 5.74) is 0.800. The molecule has 23 heavy (non-hydrogen) atoms. The Morgan fingerprint density at radius 3 is 2.87 bits per heavy atom. The molecular weight excluding hydrogens is 317 g/mol. The van der Waals surface area contributed by atoms with Gasteiger partial charge in [-0.2, -0.15) is 0 Å². The van der Waals surface area contributed by atoms with Crippen molar-refractivity contribution in [2.45, 2.75) is 31.8 Å². The normalized spacial score (nSPS) is 18.0. The van der Waals surface area contributed by atoms with Gasteiger partial charge in [-0.05, 0) is 30.5 Å². The molecule has 120 valence electrons. The average Bonchev–Trinajstić information content (AvgIpc) is 3.04. The van der Waals surface area contributed by atoms with E-state index in [9.17, 15) is 14.0 Å². The third-order valence-electron chi connectivity index (χ3n) is 3.80. The van der Waals surface area contributed by atoms with Crippen molar-refractivity contribution in [3.8, 4) is 0 Å². The monoisotopic (exact) mass is 333 g/mol. The van der Waals surface area contributed by atoms with E-state index in [1.165, 1.54) is 23.5 Å². The van der Waals surface area contributed by atoms with Crippen molar-refractivity contribution < 1.29 is 14.0 Å². The fourth-order valence-corrected chi connectivity index (χ4v) is 3.18. The Morgan fingerprint density at radius 1 is 1.39 bits per heavy atom. The van der Waals surface area contributed by atoms with Gasteiger partial charge in [0.25, 0.3) is 0 Å². The first kappa shape index (κ1) is 15.6. The van der Waals surface area contributed by atoms with E-state index < -0.39 is 6.04 Å². The van der Waals surface area contributed by atoms with E-state index in [4.69, 9.17) is 0 Å². The molecular formula is C16H16FN3O2S. The number of amides is 2. The summed E-state index contributed by atoms with van der Waals surface area (Å²) in [6.45, 7) is 0.301. The second-order valence-electron chi connectivity index (χ2n) is 5.38. The number of nitrogens with one attached hydrogen (secondary N) is 1. The minimum Gasteiger partial charge on any atom is -0.326 e. The number of anilines is 1. The van der Waals surface area contributed by atoms with Crippen LogP contribution in [0.5, 0.6) is 0 Å². The SMILES string of the molecule is O=C(Nc1nccs1)C1CCCC(=O)N1Cc1ccc(F)cc1. The third-order valence-corrected chi connectivity index (χ3v) is 4.48. The summed E-state index contributed by atoms with van der Waals surface area (Å²) < 4.78 is 13.0.